The molecule has 3 aromatic carbocycles. The molecule has 0 saturated carbocycles. The summed E-state index contributed by atoms with van der Waals surface area (Å²) in [4.78, 5) is 4.17. The molecule has 0 unspecified atom stereocenters. The van der Waals surface area contributed by atoms with Gasteiger partial charge in [0.1, 0.15) is 0 Å². The van der Waals surface area contributed by atoms with E-state index in [2.05, 4.69) is 108 Å². The number of nitrogens with zero attached hydrogens (tertiary/aromatic N) is 2. The molecule has 0 N–H and O–H groups in total. The van der Waals surface area contributed by atoms with Crippen LogP contribution < -0.4 is 10.9 Å². The zero-order valence-electron chi connectivity index (χ0n) is 19.5. The Hall–Kier alpha value is -3.04. The summed E-state index contributed by atoms with van der Waals surface area (Å²) in [5.74, 6) is 0.616. The maximum Gasteiger partial charge on any atom is 0.211 e. The molecule has 0 bridgehead atoms. The highest BCUT2D eigenvalue weighted by Gasteiger charge is 2.21. The van der Waals surface area contributed by atoms with Gasteiger partial charge in [0.15, 0.2) is 0 Å². The molecule has 2 nitrogen and oxygen atoms in total. The van der Waals surface area contributed by atoms with E-state index in [0.29, 0.717) is 12.5 Å². The number of aryl methyl sites for hydroxylation is 2. The fraction of sp³-hybridized carbons (Fsp3) is 0.207. The van der Waals surface area contributed by atoms with Gasteiger partial charge >= 0.3 is 0 Å². The third kappa shape index (κ3) is 7.80. The van der Waals surface area contributed by atoms with E-state index in [0.717, 1.165) is 19.4 Å². The highest BCUT2D eigenvalue weighted by molar-refractivity contribution is 6.86. The van der Waals surface area contributed by atoms with E-state index in [-0.39, 0.29) is 0 Å². The van der Waals surface area contributed by atoms with Crippen LogP contribution in [-0.2, 0) is 19.4 Å². The van der Waals surface area contributed by atoms with Crippen LogP contribution in [0.3, 0.4) is 0 Å². The van der Waals surface area contributed by atoms with Crippen LogP contribution in [-0.4, -0.2) is 16.3 Å². The first-order chi connectivity index (χ1) is 16.2. The van der Waals surface area contributed by atoms with E-state index >= 15 is 0 Å². The first-order valence-corrected chi connectivity index (χ1v) is 12.0. The smallest absolute Gasteiger partial charge is 0.211 e. The summed E-state index contributed by atoms with van der Waals surface area (Å²) < 4.78 is 2.11. The zero-order chi connectivity index (χ0) is 23.3. The summed E-state index contributed by atoms with van der Waals surface area (Å²) in [6.45, 7) is 5.85. The Morgan fingerprint density at radius 2 is 1.36 bits per heavy atom. The first kappa shape index (κ1) is 24.6. The minimum atomic E-state index is 0.502. The third-order valence-corrected chi connectivity index (χ3v) is 5.86. The van der Waals surface area contributed by atoms with Gasteiger partial charge in [-0.3, -0.25) is 0 Å². The van der Waals surface area contributed by atoms with Gasteiger partial charge in [0.25, 0.3) is 0 Å². The fourth-order valence-electron chi connectivity index (χ4n) is 4.07. The fourth-order valence-corrected chi connectivity index (χ4v) is 4.15. The Balaban J connectivity index is 0.000000186. The van der Waals surface area contributed by atoms with Crippen LogP contribution in [0.2, 0.25) is 5.82 Å². The predicted molar refractivity (Wildman–Crippen MR) is 144 cm³/mol. The Labute approximate surface area is 204 Å². The molecule has 0 radical (unpaired) electrons. The third-order valence-electron chi connectivity index (χ3n) is 5.69. The van der Waals surface area contributed by atoms with Crippen molar-refractivity contribution in [1.29, 1.82) is 0 Å². The van der Waals surface area contributed by atoms with Crippen molar-refractivity contribution in [2.45, 2.75) is 39.1 Å². The molecule has 4 rings (SSSR count). The van der Waals surface area contributed by atoms with Crippen molar-refractivity contribution in [2.75, 3.05) is 0 Å². The van der Waals surface area contributed by atoms with E-state index in [9.17, 15) is 0 Å². The summed E-state index contributed by atoms with van der Waals surface area (Å²) in [6.07, 6.45) is 7.72. The highest BCUT2D eigenvalue weighted by Crippen LogP contribution is 2.09. The lowest BCUT2D eigenvalue weighted by Gasteiger charge is -2.18. The summed E-state index contributed by atoms with van der Waals surface area (Å²) in [6, 6.07) is 32.0. The number of rotatable bonds is 8. The molecule has 4 heteroatoms. The number of hydrogen-bond donors (Lipinski definition) is 0. The van der Waals surface area contributed by atoms with Crippen molar-refractivity contribution >= 4 is 29.2 Å². The Morgan fingerprint density at radius 1 is 0.818 bits per heavy atom. The molecule has 168 valence electrons. The summed E-state index contributed by atoms with van der Waals surface area (Å²) in [5, 5.41) is 0. The molecule has 0 aliphatic carbocycles. The lowest BCUT2D eigenvalue weighted by molar-refractivity contribution is 0.744. The molecule has 4 aromatic rings. The second-order valence-corrected chi connectivity index (χ2v) is 8.68. The lowest BCUT2D eigenvalue weighted by atomic mass is 9.34. The second-order valence-electron chi connectivity index (χ2n) is 8.43. The van der Waals surface area contributed by atoms with Crippen molar-refractivity contribution in [3.8, 4) is 0 Å². The van der Waals surface area contributed by atoms with Gasteiger partial charge in [-0.2, -0.15) is 0 Å². The predicted octanol–water partition coefficient (Wildman–Crippen LogP) is 6.13. The molecule has 33 heavy (non-hydrogen) atoms. The SMILES string of the molecule is CC(C)B(c1ccccc1)c1ccccc1.ClC=CCn1cncc1CCc1ccccc1. The van der Waals surface area contributed by atoms with Gasteiger partial charge in [-0.15, -0.1) is 0 Å². The van der Waals surface area contributed by atoms with E-state index in [1.165, 1.54) is 22.2 Å². The van der Waals surface area contributed by atoms with Gasteiger partial charge in [0.2, 0.25) is 6.71 Å². The molecule has 0 saturated heterocycles. The molecule has 0 amide bonds. The molecule has 0 atom stereocenters. The minimum absolute atomic E-state index is 0.502. The standard InChI is InChI=1S/C15H17B.C14H15ClN2/c1-13(2)16(14-9-5-3-6-10-14)15-11-7-4-8-12-15;15-9-4-10-17-12-16-11-14(17)8-7-13-5-2-1-3-6-13/h3-13H,1-2H3;1-6,9,11-12H,7-8,10H2. The molecule has 0 spiro atoms. The van der Waals surface area contributed by atoms with E-state index < -0.39 is 0 Å². The Bertz CT molecular complexity index is 1040. The number of imidazole rings is 1. The molecular formula is C29H32BClN2. The summed E-state index contributed by atoms with van der Waals surface area (Å²) >= 11 is 5.53. The summed E-state index contributed by atoms with van der Waals surface area (Å²) in [7, 11) is 0. The van der Waals surface area contributed by atoms with Crippen LogP contribution in [0.5, 0.6) is 0 Å². The van der Waals surface area contributed by atoms with Gasteiger partial charge in [-0.1, -0.05) is 139 Å². The molecule has 1 heterocycles. The number of hydrogen-bond acceptors (Lipinski definition) is 1. The average Bonchev–Trinajstić information content (AvgIpc) is 3.31. The van der Waals surface area contributed by atoms with Gasteiger partial charge < -0.3 is 4.57 Å². The largest absolute Gasteiger partial charge is 0.331 e. The topological polar surface area (TPSA) is 17.8 Å². The molecule has 0 fully saturated rings. The maximum atomic E-state index is 5.53. The van der Waals surface area contributed by atoms with Crippen LogP contribution >= 0.6 is 11.6 Å². The molecule has 0 aliphatic heterocycles. The number of aromatic nitrogens is 2. The van der Waals surface area contributed by atoms with Crippen LogP contribution in [0.4, 0.5) is 0 Å². The van der Waals surface area contributed by atoms with E-state index in [1.807, 2.05) is 24.7 Å². The van der Waals surface area contributed by atoms with Gasteiger partial charge in [0, 0.05) is 24.0 Å². The highest BCUT2D eigenvalue weighted by atomic mass is 35.5. The van der Waals surface area contributed by atoms with E-state index in [1.54, 1.807) is 5.54 Å². The first-order valence-electron chi connectivity index (χ1n) is 11.6. The number of halogens is 1. The van der Waals surface area contributed by atoms with Crippen molar-refractivity contribution in [3.05, 3.63) is 126 Å². The van der Waals surface area contributed by atoms with Gasteiger partial charge in [-0.05, 0) is 18.4 Å². The van der Waals surface area contributed by atoms with E-state index in [4.69, 9.17) is 11.6 Å². The lowest BCUT2D eigenvalue weighted by Crippen LogP contribution is -2.44. The second kappa shape index (κ2) is 13.5. The van der Waals surface area contributed by atoms with Crippen LogP contribution in [0.1, 0.15) is 25.1 Å². The normalized spacial score (nSPS) is 10.8. The van der Waals surface area contributed by atoms with Gasteiger partial charge in [0.05, 0.1) is 6.33 Å². The Kier molecular flexibility index (Phi) is 10.1. The van der Waals surface area contributed by atoms with Crippen molar-refractivity contribution in [3.63, 3.8) is 0 Å². The van der Waals surface area contributed by atoms with Gasteiger partial charge in [-0.25, -0.2) is 4.98 Å². The number of allylic oxidation sites excluding steroid dienone is 1. The van der Waals surface area contributed by atoms with Crippen LogP contribution in [0.25, 0.3) is 0 Å². The van der Waals surface area contributed by atoms with Crippen LogP contribution in [0, 0.1) is 0 Å². The molecule has 1 aromatic heterocycles. The Morgan fingerprint density at radius 3 is 1.88 bits per heavy atom. The average molecular weight is 455 g/mol. The monoisotopic (exact) mass is 454 g/mol. The number of benzene rings is 3. The molecular weight excluding hydrogens is 423 g/mol. The maximum absolute atomic E-state index is 5.53. The summed E-state index contributed by atoms with van der Waals surface area (Å²) in [5.41, 5.74) is 6.95. The quantitative estimate of drug-likeness (QED) is 0.293. The van der Waals surface area contributed by atoms with Crippen molar-refractivity contribution < 1.29 is 0 Å². The van der Waals surface area contributed by atoms with Crippen molar-refractivity contribution in [2.24, 2.45) is 0 Å². The van der Waals surface area contributed by atoms with Crippen molar-refractivity contribution in [1.82, 2.24) is 9.55 Å². The minimum Gasteiger partial charge on any atom is -0.331 e. The van der Waals surface area contributed by atoms with Crippen LogP contribution in [0.15, 0.2) is 115 Å². The molecule has 0 aliphatic rings. The zero-order valence-corrected chi connectivity index (χ0v) is 20.3.